The highest BCUT2D eigenvalue weighted by molar-refractivity contribution is 5.95. The number of nitrogens with zero attached hydrogens (tertiary/aromatic N) is 12. The molecular formula is C110H156N28O10. The van der Waals surface area contributed by atoms with Gasteiger partial charge in [0.05, 0.1) is 95.3 Å². The molecule has 16 rings (SSSR count). The van der Waals surface area contributed by atoms with Gasteiger partial charge in [0, 0.05) is 96.5 Å². The Kier molecular flexibility index (Phi) is 37.3. The highest BCUT2D eigenvalue weighted by Gasteiger charge is 2.50. The average molecular weight is 2030 g/mol. The van der Waals surface area contributed by atoms with Crippen molar-refractivity contribution < 1.29 is 47.9 Å². The normalized spacial score (nSPS) is 21.2. The van der Waals surface area contributed by atoms with Gasteiger partial charge in [-0.05, 0) is 261 Å². The van der Waals surface area contributed by atoms with Gasteiger partial charge >= 0.3 is 24.1 Å². The number of amides is 14. The molecule has 38 heteroatoms. The number of hydrogen-bond donors (Lipinski definition) is 16. The summed E-state index contributed by atoms with van der Waals surface area (Å²) in [5, 5.41) is 68.4. The van der Waals surface area contributed by atoms with E-state index in [4.69, 9.17) is 0 Å². The third-order valence-corrected chi connectivity index (χ3v) is 29.9. The first-order valence-corrected chi connectivity index (χ1v) is 51.9. The summed E-state index contributed by atoms with van der Waals surface area (Å²) in [5.74, 6) is 1.45. The van der Waals surface area contributed by atoms with Crippen molar-refractivity contribution in [3.8, 4) is 0 Å². The zero-order valence-electron chi connectivity index (χ0n) is 89.0. The van der Waals surface area contributed by atoms with Crippen molar-refractivity contribution in [3.05, 3.63) is 239 Å². The minimum atomic E-state index is -0.629. The molecule has 8 atom stereocenters. The third-order valence-electron chi connectivity index (χ3n) is 29.9. The lowest BCUT2D eigenvalue weighted by Crippen LogP contribution is -2.48. The smallest absolute Gasteiger partial charge is 0.319 e. The van der Waals surface area contributed by atoms with E-state index >= 15 is 0 Å². The van der Waals surface area contributed by atoms with Crippen LogP contribution >= 0.6 is 0 Å². The summed E-state index contributed by atoms with van der Waals surface area (Å²) in [4.78, 5) is 143. The number of fused-ring (bicyclic) bond motifs is 4. The molecular weight excluding hydrogens is 1870 g/mol. The summed E-state index contributed by atoms with van der Waals surface area (Å²) < 4.78 is 0. The van der Waals surface area contributed by atoms with E-state index in [0.29, 0.717) is 89.7 Å². The van der Waals surface area contributed by atoms with E-state index in [9.17, 15) is 47.9 Å². The van der Waals surface area contributed by atoms with Gasteiger partial charge in [0.2, 0.25) is 35.4 Å². The van der Waals surface area contributed by atoms with Gasteiger partial charge in [0.1, 0.15) is 0 Å². The van der Waals surface area contributed by atoms with Crippen molar-refractivity contribution in [2.24, 2.45) is 11.8 Å². The molecule has 8 aromatic rings. The van der Waals surface area contributed by atoms with Crippen LogP contribution in [0, 0.1) is 11.8 Å². The number of urea groups is 4. The first kappa shape index (κ1) is 111. The highest BCUT2D eigenvalue weighted by atomic mass is 16.2. The average Bonchev–Trinajstić information content (AvgIpc) is 1.60. The summed E-state index contributed by atoms with van der Waals surface area (Å²) in [6.07, 6.45) is 18.6. The minimum Gasteiger partial charge on any atom is -0.366 e. The molecule has 796 valence electrons. The Balaban J connectivity index is 0.000000165. The van der Waals surface area contributed by atoms with Crippen LogP contribution in [-0.2, 0) is 77.1 Å². The highest BCUT2D eigenvalue weighted by Crippen LogP contribution is 2.47. The Morgan fingerprint density at radius 1 is 0.324 bits per heavy atom. The van der Waals surface area contributed by atoms with Crippen LogP contribution in [0.2, 0.25) is 0 Å². The number of likely N-dealkylation sites (N-methyl/N-ethyl adjacent to an activating group) is 4. The Morgan fingerprint density at radius 2 is 0.547 bits per heavy atom. The predicted molar refractivity (Wildman–Crippen MR) is 575 cm³/mol. The van der Waals surface area contributed by atoms with E-state index in [1.54, 1.807) is 9.80 Å². The molecule has 0 radical (unpaired) electrons. The van der Waals surface area contributed by atoms with Crippen LogP contribution in [0.25, 0.3) is 0 Å². The largest absolute Gasteiger partial charge is 0.366 e. The molecule has 148 heavy (non-hydrogen) atoms. The Hall–Kier alpha value is -14.0. The van der Waals surface area contributed by atoms with Gasteiger partial charge in [0.25, 0.3) is 0 Å². The van der Waals surface area contributed by atoms with E-state index in [1.165, 1.54) is 24.3 Å². The van der Waals surface area contributed by atoms with Gasteiger partial charge in [-0.3, -0.25) is 49.2 Å². The number of H-pyrrole nitrogens is 4. The zero-order chi connectivity index (χ0) is 107. The van der Waals surface area contributed by atoms with Gasteiger partial charge in [-0.2, -0.15) is 20.4 Å². The lowest BCUT2D eigenvalue weighted by Gasteiger charge is -2.34. The fraction of sp³-hybridized carbons (Fsp3) is 0.509. The van der Waals surface area contributed by atoms with Gasteiger partial charge < -0.3 is 103 Å². The number of carbonyl (C=O) groups excluding carboxylic acids is 10. The van der Waals surface area contributed by atoms with Crippen molar-refractivity contribution in [2.45, 2.75) is 267 Å². The molecule has 4 saturated carbocycles. The number of benzene rings is 4. The van der Waals surface area contributed by atoms with Crippen LogP contribution < -0.4 is 63.8 Å². The van der Waals surface area contributed by atoms with E-state index in [0.717, 1.165) is 156 Å². The molecule has 4 fully saturated rings. The number of anilines is 4. The molecule has 4 aromatic carbocycles. The zero-order valence-corrected chi connectivity index (χ0v) is 89.0. The Morgan fingerprint density at radius 3 is 0.784 bits per heavy atom. The minimum absolute atomic E-state index is 0.0688. The molecule has 16 N–H and O–H groups in total. The summed E-state index contributed by atoms with van der Waals surface area (Å²) >= 11 is 0. The molecule has 4 aliphatic carbocycles. The van der Waals surface area contributed by atoms with Crippen LogP contribution in [0.1, 0.15) is 250 Å². The molecule has 4 aliphatic heterocycles. The molecule has 0 saturated heterocycles. The second kappa shape index (κ2) is 49.7. The molecule has 0 spiro atoms. The fourth-order valence-corrected chi connectivity index (χ4v) is 21.6. The summed E-state index contributed by atoms with van der Waals surface area (Å²) in [5.41, 5.74) is 9.18. The Bertz CT molecular complexity index is 5560. The number of carbonyl (C=O) groups is 10. The first-order valence-electron chi connectivity index (χ1n) is 51.9. The fourth-order valence-electron chi connectivity index (χ4n) is 21.6. The second-order valence-corrected chi connectivity index (χ2v) is 43.3. The van der Waals surface area contributed by atoms with Crippen LogP contribution in [0.15, 0.2) is 172 Å². The monoisotopic (exact) mass is 2030 g/mol. The van der Waals surface area contributed by atoms with Gasteiger partial charge in [-0.25, -0.2) is 19.2 Å². The van der Waals surface area contributed by atoms with Crippen LogP contribution in [-0.4, -0.2) is 258 Å². The topological polar surface area (TPSA) is 456 Å². The number of nitrogens with one attached hydrogen (secondary N) is 16. The maximum atomic E-state index is 13.6. The molecule has 8 aliphatic rings. The van der Waals surface area contributed by atoms with Crippen molar-refractivity contribution in [3.63, 3.8) is 0 Å². The molecule has 4 aromatic heterocycles. The molecule has 38 nitrogen and oxygen atoms in total. The number of aromatic amines is 4. The van der Waals surface area contributed by atoms with E-state index < -0.39 is 22.2 Å². The predicted octanol–water partition coefficient (Wildman–Crippen LogP) is 13.5. The van der Waals surface area contributed by atoms with Crippen LogP contribution in [0.4, 0.5) is 42.4 Å². The van der Waals surface area contributed by atoms with E-state index in [1.807, 2.05) is 253 Å². The number of rotatable bonds is 32. The maximum absolute atomic E-state index is 13.6. The van der Waals surface area contributed by atoms with Crippen LogP contribution in [0.3, 0.4) is 0 Å². The summed E-state index contributed by atoms with van der Waals surface area (Å²) in [7, 11) is 16.0. The van der Waals surface area contributed by atoms with Crippen molar-refractivity contribution in [1.82, 2.24) is 123 Å². The third kappa shape index (κ3) is 27.7. The number of hydrogen-bond acceptors (Lipinski definition) is 20. The molecule has 0 unspecified atom stereocenters. The maximum Gasteiger partial charge on any atom is 0.319 e. The second-order valence-electron chi connectivity index (χ2n) is 43.3. The lowest BCUT2D eigenvalue weighted by molar-refractivity contribution is -0.122. The lowest BCUT2D eigenvalue weighted by atomic mass is 9.85. The molecule has 0 bridgehead atoms. The molecule has 14 amide bonds. The van der Waals surface area contributed by atoms with Crippen molar-refractivity contribution in [2.75, 3.05) is 104 Å². The van der Waals surface area contributed by atoms with Gasteiger partial charge in [-0.15, -0.1) is 0 Å². The first-order chi connectivity index (χ1) is 70.6. The SMILES string of the molecule is C=CC(=O)NC1CCC(C(=O)Nc2n[nH]c3c2CN(C(=O)N[C@H](CN(C)C)c2ccccc2)C3(C)C)CC1.C=CC(=O)NC1CCC(C(=O)Nc2n[nH]c3c2CN(C(=O)N[C@H](CN(C)C)c2ccccc2)C3(C)C)CC1.C=CC(=O)N[C@@H]1CCC[C@@H](Nc2n[nH]c3c2CN(C(=O)N[C@H](CN(C)C)c2ccccc2)C3(C)C)C1.C=CC(=O)N[C@H]1CCC[C@@H](Nc2n[nH]c3c2CN(C(=O)N[C@H](CN(C)C)c2ccccc2)C3(C)C)C1. The standard InChI is InChI=1S/2C28H39N7O3.2C27H39N7O2/c2*1-6-23(36)29-20-14-12-19(13-15-20)26(37)31-25-21-16-35(28(2,3)24(21)32-33-25)27(38)30-22(17-34(4)5)18-10-8-7-9-11-18;2*1-6-23(35)28-19-13-10-14-20(15-19)29-25-21-16-34(27(2,3)24(21)31-32-25)26(36)30-22(17-33(4)5)18-11-8-7-9-12-18/h2*6-11,19-20,22H,1,12-17H2,2-5H3,(H,29,36)(H,30,38)(H2,31,32,33,37);2*6-9,11-12,19-20,22H,1,10,13-17H2,2-5H3,(H,28,35)(H,30,36)(H2,29,31,32)/t2*19?,20?,22-;19-,20+,22+;19-,20-,22-/m1101/s1. The quantitative estimate of drug-likeness (QED) is 0.0174. The van der Waals surface area contributed by atoms with Gasteiger partial charge in [-0.1, -0.05) is 148 Å². The number of aromatic nitrogens is 8. The van der Waals surface area contributed by atoms with Crippen molar-refractivity contribution >= 4 is 82.8 Å². The summed E-state index contributed by atoms with van der Waals surface area (Å²) in [6, 6.07) is 39.7. The molecule has 8 heterocycles. The van der Waals surface area contributed by atoms with E-state index in [2.05, 4.69) is 141 Å². The van der Waals surface area contributed by atoms with Gasteiger partial charge in [0.15, 0.2) is 23.3 Å². The summed E-state index contributed by atoms with van der Waals surface area (Å²) in [6.45, 7) is 34.5. The van der Waals surface area contributed by atoms with Crippen LogP contribution in [0.5, 0.6) is 0 Å². The van der Waals surface area contributed by atoms with E-state index in [-0.39, 0.29) is 132 Å². The Labute approximate surface area is 870 Å². The van der Waals surface area contributed by atoms with Crippen molar-refractivity contribution in [1.29, 1.82) is 0 Å².